The molecule has 0 radical (unpaired) electrons. The van der Waals surface area contributed by atoms with E-state index >= 15 is 0 Å². The largest absolute Gasteiger partial charge is 0.471 e. The molecular formula is C14H20N4O3. The van der Waals surface area contributed by atoms with Gasteiger partial charge in [-0.25, -0.2) is 9.78 Å². The van der Waals surface area contributed by atoms with Crippen LogP contribution in [0.25, 0.3) is 0 Å². The predicted molar refractivity (Wildman–Crippen MR) is 75.0 cm³/mol. The Labute approximate surface area is 123 Å². The number of aromatic nitrogens is 2. The van der Waals surface area contributed by atoms with Gasteiger partial charge in [0.05, 0.1) is 26.0 Å². The number of hydrogen-bond donors (Lipinski definition) is 0. The first-order chi connectivity index (χ1) is 10.3. The molecule has 1 unspecified atom stereocenters. The van der Waals surface area contributed by atoms with Crippen molar-refractivity contribution in [3.8, 4) is 5.88 Å². The molecule has 2 aliphatic heterocycles. The van der Waals surface area contributed by atoms with Crippen LogP contribution in [0.5, 0.6) is 5.88 Å². The van der Waals surface area contributed by atoms with E-state index in [1.54, 1.807) is 18.6 Å². The Balaban J connectivity index is 1.56. The molecule has 0 aliphatic carbocycles. The van der Waals surface area contributed by atoms with Gasteiger partial charge in [-0.3, -0.25) is 4.98 Å². The minimum atomic E-state index is -0.0135. The second kappa shape index (κ2) is 6.71. The van der Waals surface area contributed by atoms with Gasteiger partial charge in [0.2, 0.25) is 5.88 Å². The van der Waals surface area contributed by atoms with Crippen LogP contribution in [-0.4, -0.2) is 71.3 Å². The Bertz CT molecular complexity index is 465. The number of morpholine rings is 1. The lowest BCUT2D eigenvalue weighted by Crippen LogP contribution is -2.52. The van der Waals surface area contributed by atoms with Crippen LogP contribution in [0, 0.1) is 0 Å². The highest BCUT2D eigenvalue weighted by molar-refractivity contribution is 5.74. The zero-order valence-corrected chi connectivity index (χ0v) is 12.0. The second-order valence-electron chi connectivity index (χ2n) is 5.25. The maximum absolute atomic E-state index is 12.5. The van der Waals surface area contributed by atoms with E-state index in [0.717, 1.165) is 19.4 Å². The molecule has 2 aliphatic rings. The summed E-state index contributed by atoms with van der Waals surface area (Å²) in [5.74, 6) is 0.517. The van der Waals surface area contributed by atoms with Crippen LogP contribution in [0.1, 0.15) is 12.8 Å². The van der Waals surface area contributed by atoms with E-state index < -0.39 is 0 Å². The van der Waals surface area contributed by atoms with Gasteiger partial charge in [0, 0.05) is 32.0 Å². The number of rotatable bonds is 2. The molecule has 3 rings (SSSR count). The molecule has 3 heterocycles. The van der Waals surface area contributed by atoms with E-state index in [2.05, 4.69) is 9.97 Å². The third-order valence-corrected chi connectivity index (χ3v) is 3.76. The zero-order valence-electron chi connectivity index (χ0n) is 12.0. The average Bonchev–Trinajstić information content (AvgIpc) is 2.56. The van der Waals surface area contributed by atoms with Crippen LogP contribution in [0.3, 0.4) is 0 Å². The topological polar surface area (TPSA) is 67.8 Å². The van der Waals surface area contributed by atoms with Crippen molar-refractivity contribution in [3.05, 3.63) is 18.6 Å². The van der Waals surface area contributed by atoms with Crippen molar-refractivity contribution in [3.63, 3.8) is 0 Å². The van der Waals surface area contributed by atoms with Crippen molar-refractivity contribution in [2.24, 2.45) is 0 Å². The summed E-state index contributed by atoms with van der Waals surface area (Å²) in [7, 11) is 0. The number of carbonyl (C=O) groups excluding carboxylic acids is 1. The monoisotopic (exact) mass is 292 g/mol. The molecule has 2 fully saturated rings. The summed E-state index contributed by atoms with van der Waals surface area (Å²) in [4.78, 5) is 24.3. The number of hydrogen-bond acceptors (Lipinski definition) is 5. The van der Waals surface area contributed by atoms with Crippen molar-refractivity contribution in [1.29, 1.82) is 0 Å². The van der Waals surface area contributed by atoms with Crippen molar-refractivity contribution < 1.29 is 14.3 Å². The summed E-state index contributed by atoms with van der Waals surface area (Å²) in [5, 5.41) is 0. The second-order valence-corrected chi connectivity index (χ2v) is 5.25. The number of nitrogens with zero attached hydrogens (tertiary/aromatic N) is 4. The lowest BCUT2D eigenvalue weighted by molar-refractivity contribution is 0.0325. The highest BCUT2D eigenvalue weighted by atomic mass is 16.5. The molecule has 1 atom stereocenters. The van der Waals surface area contributed by atoms with Crippen LogP contribution in [0.15, 0.2) is 18.6 Å². The average molecular weight is 292 g/mol. The highest BCUT2D eigenvalue weighted by Crippen LogP contribution is 2.17. The van der Waals surface area contributed by atoms with Crippen LogP contribution >= 0.6 is 0 Å². The van der Waals surface area contributed by atoms with Crippen molar-refractivity contribution in [2.45, 2.75) is 18.9 Å². The molecule has 0 spiro atoms. The van der Waals surface area contributed by atoms with E-state index in [9.17, 15) is 4.79 Å². The molecule has 2 amide bonds. The van der Waals surface area contributed by atoms with Crippen molar-refractivity contribution >= 4 is 6.03 Å². The van der Waals surface area contributed by atoms with Crippen molar-refractivity contribution in [1.82, 2.24) is 19.8 Å². The number of urea groups is 1. The van der Waals surface area contributed by atoms with Gasteiger partial charge in [0.15, 0.2) is 0 Å². The van der Waals surface area contributed by atoms with Gasteiger partial charge >= 0.3 is 6.03 Å². The Kier molecular flexibility index (Phi) is 4.49. The smallest absolute Gasteiger partial charge is 0.320 e. The highest BCUT2D eigenvalue weighted by Gasteiger charge is 2.29. The van der Waals surface area contributed by atoms with Crippen LogP contribution in [0.2, 0.25) is 0 Å². The van der Waals surface area contributed by atoms with Gasteiger partial charge in [0.25, 0.3) is 0 Å². The van der Waals surface area contributed by atoms with Crippen molar-refractivity contribution in [2.75, 3.05) is 39.4 Å². The minimum absolute atomic E-state index is 0.0135. The number of ether oxygens (including phenoxy) is 2. The molecule has 1 aromatic rings. The molecule has 21 heavy (non-hydrogen) atoms. The number of amides is 2. The molecular weight excluding hydrogens is 272 g/mol. The standard InChI is InChI=1S/C14H20N4O3/c19-14(17-6-8-20-9-7-17)18-5-1-2-12(11-18)21-13-10-15-3-4-16-13/h3-4,10,12H,1-2,5-9,11H2. The number of likely N-dealkylation sites (tertiary alicyclic amines) is 1. The van der Waals surface area contributed by atoms with E-state index in [-0.39, 0.29) is 12.1 Å². The molecule has 114 valence electrons. The fourth-order valence-corrected chi connectivity index (χ4v) is 2.68. The Morgan fingerprint density at radius 3 is 2.86 bits per heavy atom. The SMILES string of the molecule is O=C(N1CCOCC1)N1CCCC(Oc2cnccn2)C1. The van der Waals surface area contributed by atoms with E-state index in [4.69, 9.17) is 9.47 Å². The first kappa shape index (κ1) is 14.1. The molecule has 1 aromatic heterocycles. The fraction of sp³-hybridized carbons (Fsp3) is 0.643. The first-order valence-corrected chi connectivity index (χ1v) is 7.37. The Morgan fingerprint density at radius 1 is 1.24 bits per heavy atom. The lowest BCUT2D eigenvalue weighted by atomic mass is 10.1. The lowest BCUT2D eigenvalue weighted by Gasteiger charge is -2.37. The van der Waals surface area contributed by atoms with Crippen LogP contribution in [-0.2, 0) is 4.74 Å². The van der Waals surface area contributed by atoms with E-state index in [1.165, 1.54) is 0 Å². The van der Waals surface area contributed by atoms with Crippen LogP contribution < -0.4 is 4.74 Å². The maximum Gasteiger partial charge on any atom is 0.320 e. The summed E-state index contributed by atoms with van der Waals surface area (Å²) < 4.78 is 11.1. The molecule has 0 aromatic carbocycles. The Hall–Kier alpha value is -1.89. The molecule has 7 heteroatoms. The van der Waals surface area contributed by atoms with Gasteiger partial charge in [-0.1, -0.05) is 0 Å². The summed E-state index contributed by atoms with van der Waals surface area (Å²) in [6.07, 6.45) is 6.68. The van der Waals surface area contributed by atoms with E-state index in [1.807, 2.05) is 9.80 Å². The molecule has 2 saturated heterocycles. The van der Waals surface area contributed by atoms with Gasteiger partial charge in [-0.15, -0.1) is 0 Å². The number of piperidine rings is 1. The molecule has 7 nitrogen and oxygen atoms in total. The summed E-state index contributed by atoms with van der Waals surface area (Å²) >= 11 is 0. The predicted octanol–water partition coefficient (Wildman–Crippen LogP) is 0.772. The minimum Gasteiger partial charge on any atom is -0.471 e. The van der Waals surface area contributed by atoms with Crippen LogP contribution in [0.4, 0.5) is 4.79 Å². The molecule has 0 bridgehead atoms. The number of carbonyl (C=O) groups is 1. The summed E-state index contributed by atoms with van der Waals surface area (Å²) in [5.41, 5.74) is 0. The fourth-order valence-electron chi connectivity index (χ4n) is 2.68. The molecule has 0 saturated carbocycles. The zero-order chi connectivity index (χ0) is 14.5. The van der Waals surface area contributed by atoms with Gasteiger partial charge < -0.3 is 19.3 Å². The quantitative estimate of drug-likeness (QED) is 0.805. The third kappa shape index (κ3) is 3.60. The normalized spacial score (nSPS) is 23.0. The van der Waals surface area contributed by atoms with E-state index in [0.29, 0.717) is 38.7 Å². The van der Waals surface area contributed by atoms with Gasteiger partial charge in [0.1, 0.15) is 6.10 Å². The van der Waals surface area contributed by atoms with Gasteiger partial charge in [-0.05, 0) is 12.8 Å². The third-order valence-electron chi connectivity index (χ3n) is 3.76. The Morgan fingerprint density at radius 2 is 2.10 bits per heavy atom. The summed E-state index contributed by atoms with van der Waals surface area (Å²) in [6.45, 7) is 3.98. The van der Waals surface area contributed by atoms with Gasteiger partial charge in [-0.2, -0.15) is 0 Å². The summed E-state index contributed by atoms with van der Waals surface area (Å²) in [6, 6.07) is 0.0887. The first-order valence-electron chi connectivity index (χ1n) is 7.37. The molecule has 0 N–H and O–H groups in total. The maximum atomic E-state index is 12.5.